The Kier molecular flexibility index (Phi) is 10.3. The topological polar surface area (TPSA) is 38.2 Å². The van der Waals surface area contributed by atoms with Crippen molar-refractivity contribution in [2.24, 2.45) is 4.99 Å². The summed E-state index contributed by atoms with van der Waals surface area (Å²) < 4.78 is 74.3. The van der Waals surface area contributed by atoms with Crippen LogP contribution in [0.5, 0.6) is 0 Å². The summed E-state index contributed by atoms with van der Waals surface area (Å²) >= 11 is -1.45. The molecule has 1 aliphatic rings. The summed E-state index contributed by atoms with van der Waals surface area (Å²) in [4.78, 5) is 6.41. The van der Waals surface area contributed by atoms with Gasteiger partial charge in [0.2, 0.25) is 0 Å². The van der Waals surface area contributed by atoms with E-state index in [1.807, 2.05) is 5.32 Å². The second kappa shape index (κ2) is 12.0. The van der Waals surface area contributed by atoms with Crippen LogP contribution in [0.2, 0.25) is 0 Å². The fraction of sp³-hybridized carbons (Fsp3) is 0.478. The second-order valence-electron chi connectivity index (χ2n) is 7.45. The minimum absolute atomic E-state index is 0.175. The summed E-state index contributed by atoms with van der Waals surface area (Å²) in [7, 11) is -1.39. The molecule has 0 fully saturated rings. The summed E-state index contributed by atoms with van der Waals surface area (Å²) in [5, 5.41) is 1.84. The summed E-state index contributed by atoms with van der Waals surface area (Å²) in [6.45, 7) is 10.8. The number of benzene rings is 1. The van der Waals surface area contributed by atoms with Gasteiger partial charge in [0.1, 0.15) is 0 Å². The molecule has 1 atom stereocenters. The monoisotopic (exact) mass is 606 g/mol. The van der Waals surface area contributed by atoms with Crippen LogP contribution in [0.15, 0.2) is 47.1 Å². The first-order valence-electron chi connectivity index (χ1n) is 10.6. The van der Waals surface area contributed by atoms with Gasteiger partial charge in [0.25, 0.3) is 0 Å². The van der Waals surface area contributed by atoms with Gasteiger partial charge in [-0.05, 0) is 0 Å². The number of hydrogen-bond acceptors (Lipinski definition) is 2. The molecule has 0 aliphatic carbocycles. The van der Waals surface area contributed by atoms with E-state index in [1.54, 1.807) is 0 Å². The van der Waals surface area contributed by atoms with Crippen LogP contribution in [-0.2, 0) is 10.7 Å². The number of nitrogens with two attached hydrogens (primary N) is 1. The van der Waals surface area contributed by atoms with Crippen LogP contribution >= 0.6 is 25.9 Å². The Hall–Kier alpha value is -1.11. The van der Waals surface area contributed by atoms with E-state index in [0.29, 0.717) is 24.4 Å². The number of hydrogen-bond donors (Lipinski definition) is 1. The molecule has 10 heteroatoms. The Morgan fingerprint density at radius 3 is 2.24 bits per heavy atom. The van der Waals surface area contributed by atoms with E-state index in [-0.39, 0.29) is 5.57 Å². The van der Waals surface area contributed by atoms with E-state index in [0.717, 1.165) is 34.6 Å². The van der Waals surface area contributed by atoms with E-state index in [2.05, 4.69) is 37.3 Å². The van der Waals surface area contributed by atoms with Crippen molar-refractivity contribution in [1.82, 2.24) is 0 Å². The van der Waals surface area contributed by atoms with Crippen LogP contribution < -0.4 is 5.32 Å². The third-order valence-electron chi connectivity index (χ3n) is 5.32. The zero-order valence-electron chi connectivity index (χ0n) is 19.3. The van der Waals surface area contributed by atoms with Crippen molar-refractivity contribution < 1.29 is 31.5 Å². The molecule has 0 aromatic heterocycles. The van der Waals surface area contributed by atoms with Gasteiger partial charge in [-0.25, -0.2) is 0 Å². The molecule has 0 spiro atoms. The summed E-state index contributed by atoms with van der Waals surface area (Å²) in [5.41, 5.74) is 0.178. The van der Waals surface area contributed by atoms with Gasteiger partial charge in [0, 0.05) is 0 Å². The predicted octanol–water partition coefficient (Wildman–Crippen LogP) is 5.91. The molecular weight excluding hydrogens is 574 g/mol. The van der Waals surface area contributed by atoms with Gasteiger partial charge in [-0.15, -0.1) is 0 Å². The number of rotatable bonds is 11. The van der Waals surface area contributed by atoms with Crippen LogP contribution in [0, 0.1) is 18.1 Å². The number of alkyl halides is 5. The van der Waals surface area contributed by atoms with Crippen molar-refractivity contribution >= 4 is 31.6 Å². The van der Waals surface area contributed by atoms with Crippen molar-refractivity contribution in [3.8, 4) is 0 Å². The molecule has 1 aromatic carbocycles. The number of allylic oxidation sites excluding steroid dienone is 1. The zero-order valence-corrected chi connectivity index (χ0v) is 22.3. The molecular formula is C23H32F5IN2OS. The predicted molar refractivity (Wildman–Crippen MR) is 136 cm³/mol. The molecule has 0 saturated heterocycles. The van der Waals surface area contributed by atoms with Gasteiger partial charge in [-0.2, -0.15) is 0 Å². The minimum atomic E-state index is -4.51. The number of halogens is 6. The Bertz CT molecular complexity index is 879. The van der Waals surface area contributed by atoms with Crippen LogP contribution in [0.25, 0.3) is 0 Å². The quantitative estimate of drug-likeness (QED) is 0.145. The first kappa shape index (κ1) is 28.1. The van der Waals surface area contributed by atoms with E-state index >= 15 is 0 Å². The third kappa shape index (κ3) is 7.43. The standard InChI is InChI=1S/C23H31F5IN2OS/c1-6-29(5)33(7-2,8-3)32-21(15-30-13-17-10-19(24)12-20(25)11-17)22-16(4)9-18(14-31-22)23(26,27)28/h9-12,14,21,30H,4,6-8,13,15H2,1-3,5H3/q-1/p+1. The third-order valence-corrected chi connectivity index (χ3v) is 24.8. The molecule has 33 heavy (non-hydrogen) atoms. The van der Waals surface area contributed by atoms with Crippen molar-refractivity contribution in [1.29, 1.82) is 0 Å². The fourth-order valence-corrected chi connectivity index (χ4v) is 17.6. The van der Waals surface area contributed by atoms with Crippen LogP contribution in [-0.4, -0.2) is 45.4 Å². The maximum absolute atomic E-state index is 13.5. The molecule has 0 radical (unpaired) electrons. The number of nitrogens with zero attached hydrogens (tertiary/aromatic N) is 1. The van der Waals surface area contributed by atoms with Gasteiger partial charge in [0.05, 0.1) is 0 Å². The molecule has 2 N–H and O–H groups in total. The fourth-order valence-electron chi connectivity index (χ4n) is 3.47. The molecule has 1 aliphatic heterocycles. The van der Waals surface area contributed by atoms with Crippen molar-refractivity contribution in [3.05, 3.63) is 65.7 Å². The van der Waals surface area contributed by atoms with Gasteiger partial charge in [-0.1, -0.05) is 0 Å². The Balaban J connectivity index is 2.32. The molecule has 0 bridgehead atoms. The summed E-state index contributed by atoms with van der Waals surface area (Å²) in [6, 6.07) is 3.34. The van der Waals surface area contributed by atoms with Crippen LogP contribution in [0.4, 0.5) is 22.0 Å². The van der Waals surface area contributed by atoms with Crippen LogP contribution in [0.1, 0.15) is 26.3 Å². The van der Waals surface area contributed by atoms with Gasteiger partial charge in [-0.3, -0.25) is 0 Å². The Morgan fingerprint density at radius 2 is 1.76 bits per heavy atom. The Labute approximate surface area is 200 Å². The molecule has 3 nitrogen and oxygen atoms in total. The van der Waals surface area contributed by atoms with Crippen molar-refractivity contribution in [2.45, 2.75) is 39.6 Å². The van der Waals surface area contributed by atoms with E-state index in [9.17, 15) is 22.0 Å². The summed E-state index contributed by atoms with van der Waals surface area (Å²) in [5.74, 6) is 0.439. The molecule has 1 heterocycles. The number of aliphatic imine (C=N–C) groups is 1. The van der Waals surface area contributed by atoms with Crippen molar-refractivity contribution in [2.75, 3.05) is 27.4 Å². The summed E-state index contributed by atoms with van der Waals surface area (Å²) in [6.07, 6.45) is -3.26. The molecule has 2 rings (SSSR count). The molecule has 1 unspecified atom stereocenters. The average Bonchev–Trinajstić information content (AvgIpc) is 2.74. The van der Waals surface area contributed by atoms with Crippen molar-refractivity contribution in [3.63, 3.8) is 0 Å². The average molecular weight is 606 g/mol. The first-order valence-corrected chi connectivity index (χ1v) is 18.8. The normalized spacial score (nSPS) is 16.6. The molecule has 0 saturated carbocycles. The SMILES string of the molecule is C=C1[CH-]C(C(F)(F)F)=CN=C1C(C[NH2+]Cc1cc(F)cc(F)c1)OS(CC)(CC)I(C)CC. The Morgan fingerprint density at radius 1 is 1.15 bits per heavy atom. The van der Waals surface area contributed by atoms with E-state index in [4.69, 9.17) is 4.18 Å². The molecule has 1 aromatic rings. The number of quaternary nitrogens is 1. The van der Waals surface area contributed by atoms with E-state index < -0.39 is 55.4 Å². The van der Waals surface area contributed by atoms with E-state index in [1.165, 1.54) is 12.1 Å². The first-order chi connectivity index (χ1) is 15.5. The van der Waals surface area contributed by atoms with Gasteiger partial charge < -0.3 is 0 Å². The van der Waals surface area contributed by atoms with Crippen LogP contribution in [0.3, 0.4) is 0 Å². The van der Waals surface area contributed by atoms with Gasteiger partial charge in [0.15, 0.2) is 0 Å². The molecule has 188 valence electrons. The second-order valence-corrected chi connectivity index (χ2v) is 23.1. The van der Waals surface area contributed by atoms with Gasteiger partial charge >= 0.3 is 201 Å². The zero-order chi connectivity index (χ0) is 24.8. The molecule has 0 amide bonds. The maximum atomic E-state index is 13.5.